The normalized spacial score (nSPS) is 17.6. The molecule has 2 aliphatic rings. The minimum absolute atomic E-state index is 0.0117. The van der Waals surface area contributed by atoms with Crippen molar-refractivity contribution in [2.24, 2.45) is 7.05 Å². The number of amides is 1. The van der Waals surface area contributed by atoms with Gasteiger partial charge in [-0.3, -0.25) is 14.2 Å². The lowest BCUT2D eigenvalue weighted by atomic mass is 10.0. The van der Waals surface area contributed by atoms with Crippen LogP contribution in [0.4, 0.5) is 15.9 Å². The summed E-state index contributed by atoms with van der Waals surface area (Å²) < 4.78 is 24.3. The molecule has 10 heteroatoms. The number of fused-ring (bicyclic) bond motifs is 1. The molecule has 9 nitrogen and oxygen atoms in total. The van der Waals surface area contributed by atoms with E-state index in [-0.39, 0.29) is 17.6 Å². The highest BCUT2D eigenvalue weighted by atomic mass is 19.1. The third kappa shape index (κ3) is 3.85. The van der Waals surface area contributed by atoms with E-state index in [1.54, 1.807) is 35.9 Å². The van der Waals surface area contributed by atoms with Crippen LogP contribution in [0.25, 0.3) is 11.1 Å². The number of carbonyl (C=O) groups is 1. The lowest BCUT2D eigenvalue weighted by Gasteiger charge is -2.27. The molecule has 33 heavy (non-hydrogen) atoms. The van der Waals surface area contributed by atoms with Gasteiger partial charge in [0.05, 0.1) is 42.7 Å². The molecule has 1 fully saturated rings. The number of nitrogens with zero attached hydrogens (tertiary/aromatic N) is 6. The topological polar surface area (TPSA) is 101 Å². The summed E-state index contributed by atoms with van der Waals surface area (Å²) in [5, 5.41) is 21.7. The van der Waals surface area contributed by atoms with Gasteiger partial charge in [-0.05, 0) is 18.6 Å². The van der Waals surface area contributed by atoms with Crippen LogP contribution in [-0.2, 0) is 29.5 Å². The maximum absolute atomic E-state index is 15.2. The number of ether oxygens (including phenoxy) is 1. The SMILES string of the molecule is CC(=O)N1CCc2c(c(Nc3cc(C#N)c(-c4cnn(C)c4)cc3F)nn2C2CCOC2)C1. The minimum atomic E-state index is -0.500. The lowest BCUT2D eigenvalue weighted by Crippen LogP contribution is -2.35. The standard InChI is InChI=1S/C23H24FN7O2/c1-14(32)30-5-3-22-19(12-30)23(28-31(22)17-4-6-33-13-17)27-21-7-15(9-25)18(8-20(21)24)16-10-26-29(2)11-16/h7-8,10-11,17H,3-6,12-13H2,1-2H3,(H,27,28). The Morgan fingerprint density at radius 2 is 2.24 bits per heavy atom. The van der Waals surface area contributed by atoms with E-state index in [9.17, 15) is 10.1 Å². The number of carbonyl (C=O) groups excluding carboxylic acids is 1. The quantitative estimate of drug-likeness (QED) is 0.657. The second-order valence-corrected chi connectivity index (χ2v) is 8.44. The first-order valence-corrected chi connectivity index (χ1v) is 10.9. The number of anilines is 2. The number of aryl methyl sites for hydroxylation is 1. The Hall–Kier alpha value is -3.71. The number of nitriles is 1. The van der Waals surface area contributed by atoms with Crippen LogP contribution in [0.5, 0.6) is 0 Å². The molecule has 1 atom stereocenters. The van der Waals surface area contributed by atoms with Gasteiger partial charge >= 0.3 is 0 Å². The van der Waals surface area contributed by atoms with Crippen LogP contribution < -0.4 is 5.32 Å². The summed E-state index contributed by atoms with van der Waals surface area (Å²) in [5.41, 5.74) is 3.55. The average molecular weight is 449 g/mol. The molecule has 2 aromatic heterocycles. The highest BCUT2D eigenvalue weighted by molar-refractivity contribution is 5.76. The number of benzene rings is 1. The summed E-state index contributed by atoms with van der Waals surface area (Å²) in [6, 6.07) is 5.10. The first-order valence-electron chi connectivity index (χ1n) is 10.9. The van der Waals surface area contributed by atoms with Gasteiger partial charge in [0.1, 0.15) is 5.82 Å². The molecule has 1 aromatic carbocycles. The van der Waals surface area contributed by atoms with Crippen molar-refractivity contribution in [2.75, 3.05) is 25.1 Å². The van der Waals surface area contributed by atoms with Crippen molar-refractivity contribution < 1.29 is 13.9 Å². The Bertz CT molecular complexity index is 1270. The highest BCUT2D eigenvalue weighted by Crippen LogP contribution is 2.35. The Labute approximate surface area is 190 Å². The van der Waals surface area contributed by atoms with Crippen molar-refractivity contribution in [3.05, 3.63) is 47.2 Å². The molecule has 0 spiro atoms. The lowest BCUT2D eigenvalue weighted by molar-refractivity contribution is -0.129. The summed E-state index contributed by atoms with van der Waals surface area (Å²) in [7, 11) is 1.76. The van der Waals surface area contributed by atoms with Crippen molar-refractivity contribution in [3.8, 4) is 17.2 Å². The van der Waals surface area contributed by atoms with Gasteiger partial charge < -0.3 is 15.0 Å². The van der Waals surface area contributed by atoms with Crippen LogP contribution in [0.3, 0.4) is 0 Å². The van der Waals surface area contributed by atoms with Crippen LogP contribution in [0.2, 0.25) is 0 Å². The van der Waals surface area contributed by atoms with Gasteiger partial charge in [0.25, 0.3) is 0 Å². The summed E-state index contributed by atoms with van der Waals surface area (Å²) in [6.07, 6.45) is 4.87. The van der Waals surface area contributed by atoms with Crippen LogP contribution in [-0.4, -0.2) is 50.1 Å². The molecular weight excluding hydrogens is 425 g/mol. The van der Waals surface area contributed by atoms with Gasteiger partial charge in [0, 0.05) is 62.1 Å². The second kappa shape index (κ2) is 8.33. The average Bonchev–Trinajstić information content (AvgIpc) is 3.55. The maximum atomic E-state index is 15.2. The zero-order valence-electron chi connectivity index (χ0n) is 18.5. The number of halogens is 1. The molecular formula is C23H24FN7O2. The number of aromatic nitrogens is 4. The fourth-order valence-corrected chi connectivity index (χ4v) is 4.52. The maximum Gasteiger partial charge on any atom is 0.219 e. The molecule has 4 heterocycles. The fourth-order valence-electron chi connectivity index (χ4n) is 4.52. The number of nitrogens with one attached hydrogen (secondary N) is 1. The van der Waals surface area contributed by atoms with E-state index in [4.69, 9.17) is 9.84 Å². The van der Waals surface area contributed by atoms with Gasteiger partial charge in [-0.1, -0.05) is 0 Å². The molecule has 1 amide bonds. The van der Waals surface area contributed by atoms with Crippen LogP contribution in [0, 0.1) is 17.1 Å². The van der Waals surface area contributed by atoms with E-state index in [2.05, 4.69) is 16.5 Å². The van der Waals surface area contributed by atoms with Crippen molar-refractivity contribution >= 4 is 17.4 Å². The third-order valence-corrected chi connectivity index (χ3v) is 6.28. The zero-order valence-corrected chi connectivity index (χ0v) is 18.5. The molecule has 0 saturated carbocycles. The van der Waals surface area contributed by atoms with E-state index in [1.165, 1.54) is 12.1 Å². The van der Waals surface area contributed by atoms with Gasteiger partial charge in [0.15, 0.2) is 5.82 Å². The molecule has 170 valence electrons. The molecule has 3 aromatic rings. The van der Waals surface area contributed by atoms with E-state index >= 15 is 4.39 Å². The molecule has 0 aliphatic carbocycles. The Balaban J connectivity index is 1.54. The fraction of sp³-hybridized carbons (Fsp3) is 0.391. The van der Waals surface area contributed by atoms with E-state index in [0.29, 0.717) is 55.2 Å². The molecule has 0 radical (unpaired) electrons. The van der Waals surface area contributed by atoms with Crippen molar-refractivity contribution in [1.82, 2.24) is 24.5 Å². The number of hydrogen-bond donors (Lipinski definition) is 1. The smallest absolute Gasteiger partial charge is 0.219 e. The Morgan fingerprint density at radius 1 is 1.39 bits per heavy atom. The first kappa shape index (κ1) is 21.2. The Kier molecular flexibility index (Phi) is 5.34. The van der Waals surface area contributed by atoms with Gasteiger partial charge in [-0.25, -0.2) is 4.39 Å². The van der Waals surface area contributed by atoms with Gasteiger partial charge in [0.2, 0.25) is 5.91 Å². The van der Waals surface area contributed by atoms with Crippen molar-refractivity contribution in [2.45, 2.75) is 32.4 Å². The van der Waals surface area contributed by atoms with E-state index in [0.717, 1.165) is 17.7 Å². The monoisotopic (exact) mass is 449 g/mol. The predicted octanol–water partition coefficient (Wildman–Crippen LogP) is 2.90. The molecule has 1 unspecified atom stereocenters. The minimum Gasteiger partial charge on any atom is -0.379 e. The van der Waals surface area contributed by atoms with Crippen molar-refractivity contribution in [3.63, 3.8) is 0 Å². The molecule has 2 aliphatic heterocycles. The van der Waals surface area contributed by atoms with Crippen LogP contribution in [0.1, 0.15) is 36.2 Å². The highest BCUT2D eigenvalue weighted by Gasteiger charge is 2.30. The predicted molar refractivity (Wildman–Crippen MR) is 118 cm³/mol. The zero-order chi connectivity index (χ0) is 23.1. The summed E-state index contributed by atoms with van der Waals surface area (Å²) in [4.78, 5) is 13.8. The summed E-state index contributed by atoms with van der Waals surface area (Å²) in [6.45, 7) is 3.83. The van der Waals surface area contributed by atoms with Crippen molar-refractivity contribution in [1.29, 1.82) is 5.26 Å². The number of hydrogen-bond acceptors (Lipinski definition) is 6. The molecule has 1 N–H and O–H groups in total. The first-order chi connectivity index (χ1) is 15.9. The second-order valence-electron chi connectivity index (χ2n) is 8.44. The van der Waals surface area contributed by atoms with Gasteiger partial charge in [-0.2, -0.15) is 15.5 Å². The van der Waals surface area contributed by atoms with E-state index in [1.807, 2.05) is 4.68 Å². The summed E-state index contributed by atoms with van der Waals surface area (Å²) in [5.74, 6) is -0.0123. The van der Waals surface area contributed by atoms with Gasteiger partial charge in [-0.15, -0.1) is 0 Å². The van der Waals surface area contributed by atoms with E-state index < -0.39 is 5.82 Å². The van der Waals surface area contributed by atoms with Crippen LogP contribution in [0.15, 0.2) is 24.5 Å². The Morgan fingerprint density at radius 3 is 2.91 bits per heavy atom. The third-order valence-electron chi connectivity index (χ3n) is 6.28. The van der Waals surface area contributed by atoms with Crippen LogP contribution >= 0.6 is 0 Å². The molecule has 0 bridgehead atoms. The molecule has 1 saturated heterocycles. The largest absolute Gasteiger partial charge is 0.379 e. The summed E-state index contributed by atoms with van der Waals surface area (Å²) >= 11 is 0. The molecule has 5 rings (SSSR count). The number of rotatable bonds is 4.